The van der Waals surface area contributed by atoms with Crippen molar-refractivity contribution in [3.63, 3.8) is 0 Å². The van der Waals surface area contributed by atoms with Crippen LogP contribution in [0.15, 0.2) is 97.2 Å². The van der Waals surface area contributed by atoms with Gasteiger partial charge in [0.25, 0.3) is 0 Å². The van der Waals surface area contributed by atoms with Gasteiger partial charge in [0.05, 0.1) is 5.56 Å². The first kappa shape index (κ1) is 31.4. The van der Waals surface area contributed by atoms with Crippen molar-refractivity contribution in [2.45, 2.75) is 71.4 Å². The lowest BCUT2D eigenvalue weighted by Gasteiger charge is -2.13. The van der Waals surface area contributed by atoms with Gasteiger partial charge in [-0.1, -0.05) is 112 Å². The molecule has 1 N–H and O–H groups in total. The highest BCUT2D eigenvalue weighted by molar-refractivity contribution is 14.1. The zero-order valence-electron chi connectivity index (χ0n) is 21.6. The lowest BCUT2D eigenvalue weighted by atomic mass is 10.1. The fraction of sp³-hybridized carbons (Fsp3) is 0.355. The van der Waals surface area contributed by atoms with Crippen molar-refractivity contribution in [3.8, 4) is 0 Å². The van der Waals surface area contributed by atoms with Gasteiger partial charge in [0.2, 0.25) is 5.91 Å². The minimum absolute atomic E-state index is 0.336. The van der Waals surface area contributed by atoms with Gasteiger partial charge in [-0.3, -0.25) is 4.79 Å². The second-order valence-corrected chi connectivity index (χ2v) is 9.55. The lowest BCUT2D eigenvalue weighted by molar-refractivity contribution is -0.119. The van der Waals surface area contributed by atoms with Gasteiger partial charge in [0, 0.05) is 9.65 Å². The quantitative estimate of drug-likeness (QED) is 0.0488. The van der Waals surface area contributed by atoms with Crippen LogP contribution in [0.1, 0.15) is 75.6 Å². The van der Waals surface area contributed by atoms with Gasteiger partial charge in [-0.15, -0.1) is 0 Å². The normalized spacial score (nSPS) is 13.2. The zero-order valence-corrected chi connectivity index (χ0v) is 23.7. The van der Waals surface area contributed by atoms with Gasteiger partial charge in [0.15, 0.2) is 6.23 Å². The van der Waals surface area contributed by atoms with Gasteiger partial charge >= 0.3 is 5.97 Å². The van der Waals surface area contributed by atoms with E-state index in [1.165, 1.54) is 51.0 Å². The molecule has 0 heterocycles. The number of benzene rings is 1. The van der Waals surface area contributed by atoms with E-state index in [2.05, 4.69) is 47.0 Å². The van der Waals surface area contributed by atoms with Crippen molar-refractivity contribution in [2.75, 3.05) is 0 Å². The van der Waals surface area contributed by atoms with Crippen LogP contribution in [0.4, 0.5) is 0 Å². The number of allylic oxidation sites excluding steroid dienone is 11. The van der Waals surface area contributed by atoms with Gasteiger partial charge in [-0.2, -0.15) is 0 Å². The Kier molecular flexibility index (Phi) is 18.8. The average molecular weight is 602 g/mol. The topological polar surface area (TPSA) is 55.4 Å². The van der Waals surface area contributed by atoms with E-state index in [1.54, 1.807) is 31.2 Å². The molecule has 0 fully saturated rings. The molecule has 0 aliphatic rings. The van der Waals surface area contributed by atoms with E-state index in [1.807, 2.05) is 54.7 Å². The molecule has 0 bridgehead atoms. The molecular formula is C31H40INO3. The Balaban J connectivity index is 2.15. The minimum atomic E-state index is -0.730. The van der Waals surface area contributed by atoms with E-state index < -0.39 is 12.2 Å². The molecule has 36 heavy (non-hydrogen) atoms. The molecule has 0 radical (unpaired) electrons. The summed E-state index contributed by atoms with van der Waals surface area (Å²) in [4.78, 5) is 24.0. The molecule has 1 aromatic carbocycles. The average Bonchev–Trinajstić information content (AvgIpc) is 2.85. The Morgan fingerprint density at radius 3 is 1.94 bits per heavy atom. The number of hydrogen-bond donors (Lipinski definition) is 1. The van der Waals surface area contributed by atoms with Crippen molar-refractivity contribution in [2.24, 2.45) is 0 Å². The van der Waals surface area contributed by atoms with Crippen molar-refractivity contribution < 1.29 is 14.3 Å². The van der Waals surface area contributed by atoms with E-state index >= 15 is 0 Å². The summed E-state index contributed by atoms with van der Waals surface area (Å²) in [5.41, 5.74) is 0.446. The van der Waals surface area contributed by atoms with Crippen molar-refractivity contribution >= 4 is 34.5 Å². The number of unbranched alkanes of at least 4 members (excludes halogenated alkanes) is 7. The van der Waals surface area contributed by atoms with Crippen LogP contribution < -0.4 is 5.32 Å². The Morgan fingerprint density at radius 1 is 0.806 bits per heavy atom. The smallest absolute Gasteiger partial charge is 0.340 e. The third-order valence-electron chi connectivity index (χ3n) is 5.07. The highest BCUT2D eigenvalue weighted by atomic mass is 127. The van der Waals surface area contributed by atoms with E-state index in [0.29, 0.717) is 5.56 Å². The predicted molar refractivity (Wildman–Crippen MR) is 160 cm³/mol. The van der Waals surface area contributed by atoms with Crippen LogP contribution >= 0.6 is 22.6 Å². The van der Waals surface area contributed by atoms with Gasteiger partial charge in [-0.25, -0.2) is 4.79 Å². The third kappa shape index (κ3) is 17.7. The highest BCUT2D eigenvalue weighted by Crippen LogP contribution is 2.09. The Morgan fingerprint density at radius 2 is 1.33 bits per heavy atom. The molecular weight excluding hydrogens is 561 g/mol. The molecule has 1 atom stereocenters. The highest BCUT2D eigenvalue weighted by Gasteiger charge is 2.12. The second kappa shape index (κ2) is 21.6. The van der Waals surface area contributed by atoms with Crippen LogP contribution in [0.25, 0.3) is 0 Å². The Bertz CT molecular complexity index is 924. The molecule has 4 nitrogen and oxygen atoms in total. The van der Waals surface area contributed by atoms with Crippen molar-refractivity contribution in [1.82, 2.24) is 5.32 Å². The number of halogens is 1. The molecule has 5 heteroatoms. The zero-order chi connectivity index (χ0) is 26.3. The Labute approximate surface area is 231 Å². The van der Waals surface area contributed by atoms with E-state index in [9.17, 15) is 9.59 Å². The molecule has 194 valence electrons. The summed E-state index contributed by atoms with van der Waals surface area (Å²) in [6, 6.07) is 7.04. The van der Waals surface area contributed by atoms with Gasteiger partial charge in [-0.05, 0) is 66.6 Å². The van der Waals surface area contributed by atoms with Gasteiger partial charge < -0.3 is 10.1 Å². The molecule has 0 aliphatic heterocycles. The lowest BCUT2D eigenvalue weighted by Crippen LogP contribution is -2.35. The first-order valence-electron chi connectivity index (χ1n) is 12.8. The van der Waals surface area contributed by atoms with Crippen LogP contribution in [0.3, 0.4) is 0 Å². The SMILES string of the molecule is CCCCCCCCCC=CC=CC=CC=CC=CC=CC(=O)NC(C)OC(=O)c1ccc(I)cc1. The predicted octanol–water partition coefficient (Wildman–Crippen LogP) is 8.39. The van der Waals surface area contributed by atoms with E-state index in [-0.39, 0.29) is 5.91 Å². The van der Waals surface area contributed by atoms with Crippen molar-refractivity contribution in [3.05, 3.63) is 106 Å². The summed E-state index contributed by atoms with van der Waals surface area (Å²) in [6.07, 6.45) is 32.5. The van der Waals surface area contributed by atoms with Crippen LogP contribution in [0.2, 0.25) is 0 Å². The third-order valence-corrected chi connectivity index (χ3v) is 5.79. The first-order chi connectivity index (χ1) is 17.5. The van der Waals surface area contributed by atoms with Crippen LogP contribution in [0.5, 0.6) is 0 Å². The van der Waals surface area contributed by atoms with Crippen LogP contribution in [-0.4, -0.2) is 18.1 Å². The number of hydrogen-bond acceptors (Lipinski definition) is 3. The van der Waals surface area contributed by atoms with E-state index in [4.69, 9.17) is 4.74 Å². The van der Waals surface area contributed by atoms with Crippen LogP contribution in [0, 0.1) is 3.57 Å². The number of rotatable bonds is 17. The maximum atomic E-state index is 12.1. The summed E-state index contributed by atoms with van der Waals surface area (Å²) in [6.45, 7) is 3.87. The largest absolute Gasteiger partial charge is 0.438 e. The minimum Gasteiger partial charge on any atom is -0.438 e. The fourth-order valence-corrected chi connectivity index (χ4v) is 3.50. The summed E-state index contributed by atoms with van der Waals surface area (Å²) in [5, 5.41) is 2.60. The second-order valence-electron chi connectivity index (χ2n) is 8.30. The molecule has 1 rings (SSSR count). The number of esters is 1. The maximum absolute atomic E-state index is 12.1. The van der Waals surface area contributed by atoms with E-state index in [0.717, 1.165) is 9.99 Å². The summed E-state index contributed by atoms with van der Waals surface area (Å²) >= 11 is 2.16. The molecule has 0 saturated carbocycles. The molecule has 0 saturated heterocycles. The van der Waals surface area contributed by atoms with Gasteiger partial charge in [0.1, 0.15) is 0 Å². The molecule has 0 aromatic heterocycles. The number of carbonyl (C=O) groups is 2. The Hall–Kier alpha value is -2.67. The number of ether oxygens (including phenoxy) is 1. The molecule has 0 aliphatic carbocycles. The summed E-state index contributed by atoms with van der Waals surface area (Å²) < 4.78 is 6.27. The molecule has 0 spiro atoms. The number of nitrogens with one attached hydrogen (secondary N) is 1. The first-order valence-corrected chi connectivity index (χ1v) is 13.9. The summed E-state index contributed by atoms with van der Waals surface area (Å²) in [7, 11) is 0. The molecule has 1 amide bonds. The maximum Gasteiger partial charge on any atom is 0.340 e. The molecule has 1 unspecified atom stereocenters. The monoisotopic (exact) mass is 601 g/mol. The number of carbonyl (C=O) groups excluding carboxylic acids is 2. The number of amides is 1. The van der Waals surface area contributed by atoms with Crippen molar-refractivity contribution in [1.29, 1.82) is 0 Å². The fourth-order valence-electron chi connectivity index (χ4n) is 3.14. The summed E-state index contributed by atoms with van der Waals surface area (Å²) in [5.74, 6) is -0.813. The molecule has 1 aromatic rings. The van der Waals surface area contributed by atoms with Crippen LogP contribution in [-0.2, 0) is 9.53 Å². The standard InChI is InChI=1S/C31H40INO3/c1-3-4-5-6-7-8-9-10-11-12-13-14-15-16-17-18-19-20-21-22-30(34)33-27(2)36-31(35)28-23-25-29(32)26-24-28/h11-27H,3-10H2,1-2H3,(H,33,34).